The van der Waals surface area contributed by atoms with E-state index in [0.717, 1.165) is 5.56 Å². The molecular formula is C14H23NO4S. The fourth-order valence-electron chi connectivity index (χ4n) is 1.84. The first-order valence-electron chi connectivity index (χ1n) is 6.46. The molecule has 0 radical (unpaired) electrons. The van der Waals surface area contributed by atoms with E-state index in [1.54, 1.807) is 47.2 Å². The van der Waals surface area contributed by atoms with Gasteiger partial charge in [0.1, 0.15) is 0 Å². The topological polar surface area (TPSA) is 64.6 Å². The minimum atomic E-state index is -3.13. The summed E-state index contributed by atoms with van der Waals surface area (Å²) in [5.41, 5.74) is 0.856. The Labute approximate surface area is 121 Å². The second-order valence-corrected chi connectivity index (χ2v) is 7.44. The molecule has 0 saturated carbocycles. The van der Waals surface area contributed by atoms with Crippen LogP contribution < -0.4 is 14.8 Å². The first-order valence-corrected chi connectivity index (χ1v) is 8.18. The highest BCUT2D eigenvalue weighted by molar-refractivity contribution is 7.92. The number of methoxy groups -OCH3 is 2. The van der Waals surface area contributed by atoms with Gasteiger partial charge >= 0.3 is 0 Å². The van der Waals surface area contributed by atoms with E-state index in [2.05, 4.69) is 5.32 Å². The third-order valence-corrected chi connectivity index (χ3v) is 5.51. The predicted octanol–water partition coefficient (Wildman–Crippen LogP) is 1.79. The van der Waals surface area contributed by atoms with E-state index in [0.29, 0.717) is 11.5 Å². The third kappa shape index (κ3) is 3.86. The molecular weight excluding hydrogens is 278 g/mol. The highest BCUT2D eigenvalue weighted by atomic mass is 32.2. The number of nitrogens with one attached hydrogen (secondary N) is 1. The highest BCUT2D eigenvalue weighted by Crippen LogP contribution is 2.30. The van der Waals surface area contributed by atoms with Crippen LogP contribution in [0.2, 0.25) is 0 Å². The van der Waals surface area contributed by atoms with Crippen LogP contribution >= 0.6 is 0 Å². The maximum absolute atomic E-state index is 12.1. The maximum Gasteiger partial charge on any atom is 0.161 e. The Bertz CT molecular complexity index is 540. The van der Waals surface area contributed by atoms with Gasteiger partial charge in [-0.05, 0) is 38.6 Å². The van der Waals surface area contributed by atoms with Crippen molar-refractivity contribution in [1.82, 2.24) is 5.32 Å². The van der Waals surface area contributed by atoms with Crippen molar-refractivity contribution in [1.29, 1.82) is 0 Å². The summed E-state index contributed by atoms with van der Waals surface area (Å²) in [5.74, 6) is 1.27. The normalized spacial score (nSPS) is 13.3. The lowest BCUT2D eigenvalue weighted by atomic mass is 10.1. The largest absolute Gasteiger partial charge is 0.493 e. The fourth-order valence-corrected chi connectivity index (χ4v) is 3.05. The lowest BCUT2D eigenvalue weighted by Gasteiger charge is -2.19. The molecule has 0 spiro atoms. The molecule has 1 unspecified atom stereocenters. The van der Waals surface area contributed by atoms with Crippen molar-refractivity contribution < 1.29 is 17.9 Å². The van der Waals surface area contributed by atoms with E-state index >= 15 is 0 Å². The lowest BCUT2D eigenvalue weighted by Crippen LogP contribution is -2.29. The Balaban J connectivity index is 3.07. The average Bonchev–Trinajstić information content (AvgIpc) is 2.43. The monoisotopic (exact) mass is 301 g/mol. The van der Waals surface area contributed by atoms with E-state index in [4.69, 9.17) is 9.47 Å². The minimum absolute atomic E-state index is 0.0522. The molecule has 0 aliphatic heterocycles. The van der Waals surface area contributed by atoms with Gasteiger partial charge in [0.05, 0.1) is 25.2 Å². The van der Waals surface area contributed by atoms with Crippen LogP contribution in [0.15, 0.2) is 18.2 Å². The molecule has 0 aliphatic carbocycles. The second-order valence-electron chi connectivity index (χ2n) is 4.83. The molecule has 0 fully saturated rings. The maximum atomic E-state index is 12.1. The summed E-state index contributed by atoms with van der Waals surface area (Å²) in [6, 6.07) is 5.15. The molecule has 20 heavy (non-hydrogen) atoms. The molecule has 1 aromatic carbocycles. The van der Waals surface area contributed by atoms with Crippen molar-refractivity contribution in [3.8, 4) is 11.5 Å². The molecule has 0 saturated heterocycles. The number of benzene rings is 1. The third-order valence-electron chi connectivity index (χ3n) is 3.28. The zero-order chi connectivity index (χ0) is 15.3. The molecule has 114 valence electrons. The van der Waals surface area contributed by atoms with Crippen LogP contribution in [-0.4, -0.2) is 40.7 Å². The Morgan fingerprint density at radius 1 is 1.15 bits per heavy atom. The van der Waals surface area contributed by atoms with Gasteiger partial charge in [0.15, 0.2) is 21.3 Å². The van der Waals surface area contributed by atoms with Crippen LogP contribution in [0.3, 0.4) is 0 Å². The quantitative estimate of drug-likeness (QED) is 0.832. The molecule has 1 aromatic rings. The van der Waals surface area contributed by atoms with Gasteiger partial charge in [-0.1, -0.05) is 6.07 Å². The van der Waals surface area contributed by atoms with Crippen LogP contribution in [0, 0.1) is 0 Å². The van der Waals surface area contributed by atoms with Gasteiger partial charge in [-0.3, -0.25) is 0 Å². The average molecular weight is 301 g/mol. The van der Waals surface area contributed by atoms with Crippen LogP contribution in [0.4, 0.5) is 0 Å². The molecule has 0 aromatic heterocycles. The van der Waals surface area contributed by atoms with E-state index < -0.39 is 15.1 Å². The zero-order valence-corrected chi connectivity index (χ0v) is 13.5. The summed E-state index contributed by atoms with van der Waals surface area (Å²) in [6.07, 6.45) is 0. The number of sulfone groups is 1. The molecule has 6 heteroatoms. The predicted molar refractivity (Wildman–Crippen MR) is 80.3 cm³/mol. The van der Waals surface area contributed by atoms with Crippen LogP contribution in [0.5, 0.6) is 11.5 Å². The van der Waals surface area contributed by atoms with Crippen LogP contribution in [-0.2, 0) is 9.84 Å². The summed E-state index contributed by atoms with van der Waals surface area (Å²) in [5, 5.41) is 2.65. The van der Waals surface area contributed by atoms with E-state index in [9.17, 15) is 8.42 Å². The lowest BCUT2D eigenvalue weighted by molar-refractivity contribution is 0.354. The van der Waals surface area contributed by atoms with Gasteiger partial charge in [0.2, 0.25) is 0 Å². The SMILES string of the molecule is CNC(CS(=O)(=O)C(C)C)c1ccc(OC)c(OC)c1. The smallest absolute Gasteiger partial charge is 0.161 e. The number of rotatable bonds is 7. The van der Waals surface area contributed by atoms with E-state index in [1.807, 2.05) is 6.07 Å². The Morgan fingerprint density at radius 2 is 1.75 bits per heavy atom. The van der Waals surface area contributed by atoms with Gasteiger partial charge in [-0.15, -0.1) is 0 Å². The number of hydrogen-bond acceptors (Lipinski definition) is 5. The fraction of sp³-hybridized carbons (Fsp3) is 0.571. The van der Waals surface area contributed by atoms with Crippen molar-refractivity contribution in [2.24, 2.45) is 0 Å². The Hall–Kier alpha value is -1.27. The molecule has 1 N–H and O–H groups in total. The van der Waals surface area contributed by atoms with E-state index in [1.165, 1.54) is 0 Å². The van der Waals surface area contributed by atoms with Gasteiger partial charge in [-0.25, -0.2) is 8.42 Å². The van der Waals surface area contributed by atoms with Crippen molar-refractivity contribution in [2.45, 2.75) is 25.1 Å². The van der Waals surface area contributed by atoms with E-state index in [-0.39, 0.29) is 11.8 Å². The summed E-state index contributed by atoms with van der Waals surface area (Å²) in [4.78, 5) is 0. The summed E-state index contributed by atoms with van der Waals surface area (Å²) < 4.78 is 34.5. The Kier molecular flexibility index (Phi) is 5.83. The summed E-state index contributed by atoms with van der Waals surface area (Å²) in [7, 11) is 1.74. The van der Waals surface area contributed by atoms with Gasteiger partial charge in [0.25, 0.3) is 0 Å². The second kappa shape index (κ2) is 6.95. The standard InChI is InChI=1S/C14H23NO4S/c1-10(2)20(16,17)9-12(15-3)11-6-7-13(18-4)14(8-11)19-5/h6-8,10,12,15H,9H2,1-5H3. The Morgan fingerprint density at radius 3 is 2.20 bits per heavy atom. The van der Waals surface area contributed by atoms with Crippen molar-refractivity contribution in [2.75, 3.05) is 27.0 Å². The van der Waals surface area contributed by atoms with Crippen LogP contribution in [0.25, 0.3) is 0 Å². The zero-order valence-electron chi connectivity index (χ0n) is 12.6. The first kappa shape index (κ1) is 16.8. The summed E-state index contributed by atoms with van der Waals surface area (Å²) >= 11 is 0. The molecule has 0 aliphatic rings. The van der Waals surface area contributed by atoms with Crippen molar-refractivity contribution in [3.63, 3.8) is 0 Å². The first-order chi connectivity index (χ1) is 9.35. The number of ether oxygens (including phenoxy) is 2. The molecule has 5 nitrogen and oxygen atoms in total. The molecule has 0 heterocycles. The van der Waals surface area contributed by atoms with Gasteiger partial charge in [-0.2, -0.15) is 0 Å². The number of hydrogen-bond donors (Lipinski definition) is 1. The molecule has 0 bridgehead atoms. The summed E-state index contributed by atoms with van der Waals surface area (Å²) in [6.45, 7) is 3.38. The van der Waals surface area contributed by atoms with Crippen LogP contribution in [0.1, 0.15) is 25.5 Å². The van der Waals surface area contributed by atoms with Crippen molar-refractivity contribution >= 4 is 9.84 Å². The highest BCUT2D eigenvalue weighted by Gasteiger charge is 2.23. The van der Waals surface area contributed by atoms with Gasteiger partial charge < -0.3 is 14.8 Å². The molecule has 0 amide bonds. The van der Waals surface area contributed by atoms with Gasteiger partial charge in [0, 0.05) is 6.04 Å². The minimum Gasteiger partial charge on any atom is -0.493 e. The molecule has 1 atom stereocenters. The van der Waals surface area contributed by atoms with Crippen molar-refractivity contribution in [3.05, 3.63) is 23.8 Å². The molecule has 1 rings (SSSR count).